The second kappa shape index (κ2) is 10.1. The minimum atomic E-state index is -0.887. The van der Waals surface area contributed by atoms with E-state index in [-0.39, 0.29) is 18.4 Å². The van der Waals surface area contributed by atoms with Gasteiger partial charge in [-0.05, 0) is 62.8 Å². The van der Waals surface area contributed by atoms with Crippen LogP contribution in [0.2, 0.25) is 5.02 Å². The third-order valence-corrected chi connectivity index (χ3v) is 5.14. The molecule has 4 N–H and O–H groups in total. The van der Waals surface area contributed by atoms with Crippen LogP contribution in [0.25, 0.3) is 11.2 Å². The maximum absolute atomic E-state index is 11.3. The van der Waals surface area contributed by atoms with Gasteiger partial charge in [0.2, 0.25) is 0 Å². The zero-order valence-corrected chi connectivity index (χ0v) is 18.3. The van der Waals surface area contributed by atoms with Crippen molar-refractivity contribution in [1.29, 1.82) is 0 Å². The molecule has 0 aliphatic carbocycles. The van der Waals surface area contributed by atoms with Crippen LogP contribution in [-0.4, -0.2) is 44.5 Å². The number of hydrogen-bond acceptors (Lipinski definition) is 5. The fourth-order valence-electron chi connectivity index (χ4n) is 3.07. The Labute approximate surface area is 185 Å². The monoisotopic (exact) mass is 443 g/mol. The van der Waals surface area contributed by atoms with Gasteiger partial charge in [-0.2, -0.15) is 0 Å². The Balaban J connectivity index is 0.000000287. The summed E-state index contributed by atoms with van der Waals surface area (Å²) in [5.74, 6) is 5.87. The topological polar surface area (TPSA) is 111 Å². The molecule has 1 aromatic carbocycles. The average molecular weight is 444 g/mol. The first-order valence-corrected chi connectivity index (χ1v) is 10.5. The average Bonchev–Trinajstić information content (AvgIpc) is 3.11. The number of hydrogen-bond donors (Lipinski definition) is 4. The number of imidazole rings is 1. The molecular formula is C23H26ClN3O4. The number of aliphatic hydroxyl groups is 2. The van der Waals surface area contributed by atoms with Crippen molar-refractivity contribution in [2.75, 3.05) is 13.2 Å². The summed E-state index contributed by atoms with van der Waals surface area (Å²) in [6.07, 6.45) is 3.56. The van der Waals surface area contributed by atoms with Gasteiger partial charge in [0.25, 0.3) is 0 Å². The lowest BCUT2D eigenvalue weighted by Crippen LogP contribution is -2.22. The Morgan fingerprint density at radius 2 is 1.97 bits per heavy atom. The van der Waals surface area contributed by atoms with Gasteiger partial charge in [0, 0.05) is 12.2 Å². The molecule has 164 valence electrons. The predicted molar refractivity (Wildman–Crippen MR) is 120 cm³/mol. The first-order valence-electron chi connectivity index (χ1n) is 10.1. The van der Waals surface area contributed by atoms with Crippen molar-refractivity contribution in [1.82, 2.24) is 15.0 Å². The standard InChI is InChI=1S/C17H14ClN3O2.C6H12O2/c1-17(2,23)11-6-3-10(4-7-11)5-8-13-12(18)9-14-15(19-13)21-16(22)20-14;7-5-6-3-1-2-4-8-6/h3-4,6-7,9,23H,1-2H3,(H2,19,20,21,22);6-7H,1-5H2/t;6-/m.0/s1. The highest BCUT2D eigenvalue weighted by atomic mass is 35.5. The molecular weight excluding hydrogens is 418 g/mol. The summed E-state index contributed by atoms with van der Waals surface area (Å²) in [6.45, 7) is 4.49. The SMILES string of the molecule is CC(C)(O)c1ccc(C#Cc2nc3[nH]c(=O)[nH]c3cc2Cl)cc1.OC[C@@H]1CCCCO1. The third-order valence-electron chi connectivity index (χ3n) is 4.85. The van der Waals surface area contributed by atoms with Gasteiger partial charge in [-0.25, -0.2) is 9.78 Å². The van der Waals surface area contributed by atoms with Gasteiger partial charge in [0.05, 0.1) is 28.9 Å². The smallest absolute Gasteiger partial charge is 0.325 e. The van der Waals surface area contributed by atoms with Gasteiger partial charge >= 0.3 is 5.69 Å². The Hall–Kier alpha value is -2.63. The van der Waals surface area contributed by atoms with Crippen molar-refractivity contribution in [3.8, 4) is 11.8 Å². The molecule has 4 rings (SSSR count). The summed E-state index contributed by atoms with van der Waals surface area (Å²) in [6, 6.07) is 8.91. The van der Waals surface area contributed by atoms with E-state index in [1.54, 1.807) is 19.9 Å². The number of H-pyrrole nitrogens is 2. The number of ether oxygens (including phenoxy) is 1. The van der Waals surface area contributed by atoms with Gasteiger partial charge < -0.3 is 19.9 Å². The molecule has 0 spiro atoms. The van der Waals surface area contributed by atoms with Gasteiger partial charge in [0.1, 0.15) is 5.69 Å². The van der Waals surface area contributed by atoms with Crippen molar-refractivity contribution in [3.63, 3.8) is 0 Å². The maximum Gasteiger partial charge on any atom is 0.325 e. The number of halogens is 1. The zero-order chi connectivity index (χ0) is 22.4. The number of nitrogens with zero attached hydrogens (tertiary/aromatic N) is 1. The van der Waals surface area contributed by atoms with E-state index in [0.29, 0.717) is 21.9 Å². The van der Waals surface area contributed by atoms with Gasteiger partial charge in [-0.15, -0.1) is 0 Å². The number of rotatable bonds is 2. The highest BCUT2D eigenvalue weighted by Crippen LogP contribution is 2.20. The summed E-state index contributed by atoms with van der Waals surface area (Å²) in [5.41, 5.74) is 1.71. The fourth-order valence-corrected chi connectivity index (χ4v) is 3.27. The van der Waals surface area contributed by atoms with Crippen LogP contribution >= 0.6 is 11.6 Å². The minimum Gasteiger partial charge on any atom is -0.394 e. The third kappa shape index (κ3) is 6.42. The zero-order valence-electron chi connectivity index (χ0n) is 17.5. The summed E-state index contributed by atoms with van der Waals surface area (Å²) in [5, 5.41) is 18.9. The van der Waals surface area contributed by atoms with E-state index in [0.717, 1.165) is 30.6 Å². The number of benzene rings is 1. The number of pyridine rings is 1. The molecule has 1 atom stereocenters. The Kier molecular flexibility index (Phi) is 7.52. The largest absolute Gasteiger partial charge is 0.394 e. The molecule has 0 unspecified atom stereocenters. The van der Waals surface area contributed by atoms with Crippen molar-refractivity contribution in [3.05, 3.63) is 62.7 Å². The van der Waals surface area contributed by atoms with Crippen LogP contribution in [0.4, 0.5) is 0 Å². The van der Waals surface area contributed by atoms with E-state index in [9.17, 15) is 9.90 Å². The number of aromatic nitrogens is 3. The molecule has 0 bridgehead atoms. The Bertz CT molecular complexity index is 1130. The van der Waals surface area contributed by atoms with Crippen molar-refractivity contribution >= 4 is 22.8 Å². The molecule has 7 nitrogen and oxygen atoms in total. The molecule has 3 aromatic rings. The van der Waals surface area contributed by atoms with Crippen LogP contribution in [0.3, 0.4) is 0 Å². The molecule has 0 saturated carbocycles. The lowest BCUT2D eigenvalue weighted by molar-refractivity contribution is -0.0172. The summed E-state index contributed by atoms with van der Waals surface area (Å²) in [4.78, 5) is 20.7. The van der Waals surface area contributed by atoms with E-state index in [4.69, 9.17) is 21.4 Å². The molecule has 1 saturated heterocycles. The van der Waals surface area contributed by atoms with Gasteiger partial charge in [0.15, 0.2) is 5.65 Å². The predicted octanol–water partition coefficient (Wildman–Crippen LogP) is 3.08. The van der Waals surface area contributed by atoms with Crippen molar-refractivity contribution in [2.45, 2.75) is 44.8 Å². The number of aromatic amines is 2. The van der Waals surface area contributed by atoms with E-state index < -0.39 is 5.60 Å². The Morgan fingerprint density at radius 1 is 1.23 bits per heavy atom. The van der Waals surface area contributed by atoms with Crippen LogP contribution < -0.4 is 5.69 Å². The van der Waals surface area contributed by atoms with Crippen LogP contribution in [0.15, 0.2) is 35.1 Å². The van der Waals surface area contributed by atoms with Crippen LogP contribution in [0, 0.1) is 11.8 Å². The minimum absolute atomic E-state index is 0.142. The van der Waals surface area contributed by atoms with E-state index in [1.165, 1.54) is 6.42 Å². The fraction of sp³-hybridized carbons (Fsp3) is 0.391. The van der Waals surface area contributed by atoms with Crippen molar-refractivity contribution in [2.24, 2.45) is 0 Å². The second-order valence-electron chi connectivity index (χ2n) is 7.85. The van der Waals surface area contributed by atoms with Crippen LogP contribution in [0.1, 0.15) is 49.9 Å². The van der Waals surface area contributed by atoms with E-state index >= 15 is 0 Å². The molecule has 1 aliphatic rings. The molecule has 0 amide bonds. The molecule has 3 heterocycles. The highest BCUT2D eigenvalue weighted by molar-refractivity contribution is 6.32. The second-order valence-corrected chi connectivity index (χ2v) is 8.26. The molecule has 1 aliphatic heterocycles. The van der Waals surface area contributed by atoms with Crippen molar-refractivity contribution < 1.29 is 14.9 Å². The number of nitrogens with one attached hydrogen (secondary N) is 2. The normalized spacial score (nSPS) is 16.2. The first-order chi connectivity index (χ1) is 14.8. The summed E-state index contributed by atoms with van der Waals surface area (Å²) >= 11 is 6.13. The molecule has 1 fully saturated rings. The Morgan fingerprint density at radius 3 is 2.55 bits per heavy atom. The van der Waals surface area contributed by atoms with Crippen LogP contribution in [0.5, 0.6) is 0 Å². The highest BCUT2D eigenvalue weighted by Gasteiger charge is 2.15. The van der Waals surface area contributed by atoms with Gasteiger partial charge in [-0.3, -0.25) is 4.98 Å². The lowest BCUT2D eigenvalue weighted by Gasteiger charge is -2.19. The van der Waals surface area contributed by atoms with Gasteiger partial charge in [-0.1, -0.05) is 29.7 Å². The lowest BCUT2D eigenvalue weighted by atomic mass is 9.97. The molecule has 2 aromatic heterocycles. The number of fused-ring (bicyclic) bond motifs is 1. The summed E-state index contributed by atoms with van der Waals surface area (Å²) < 4.78 is 5.18. The maximum atomic E-state index is 11.3. The van der Waals surface area contributed by atoms with E-state index in [1.807, 2.05) is 24.3 Å². The quantitative estimate of drug-likeness (QED) is 0.455. The molecule has 0 radical (unpaired) electrons. The molecule has 31 heavy (non-hydrogen) atoms. The van der Waals surface area contributed by atoms with E-state index in [2.05, 4.69) is 26.8 Å². The number of aliphatic hydroxyl groups excluding tert-OH is 1. The molecule has 8 heteroatoms. The van der Waals surface area contributed by atoms with Crippen LogP contribution in [-0.2, 0) is 10.3 Å². The summed E-state index contributed by atoms with van der Waals surface area (Å²) in [7, 11) is 0. The first kappa shape index (κ1) is 23.0.